The highest BCUT2D eigenvalue weighted by atomic mass is 35.5. The minimum absolute atomic E-state index is 0.182. The third kappa shape index (κ3) is 5.58. The molecule has 0 saturated carbocycles. The standard InChI is InChI=1S/C24H28ClN3O4S/c1-15-7-9-17(25)23-21(15)26-24(33-23)28(12-11-27(2)3)20(29)10-8-16-13-18(30-4)22(32-6)19(14-16)31-5/h7-10,13-14H,11-12H2,1-6H3/b10-8+. The van der Waals surface area contributed by atoms with E-state index in [9.17, 15) is 4.79 Å². The monoisotopic (exact) mass is 489 g/mol. The third-order valence-electron chi connectivity index (χ3n) is 5.06. The van der Waals surface area contributed by atoms with E-state index >= 15 is 0 Å². The average Bonchev–Trinajstić information content (AvgIpc) is 3.25. The van der Waals surface area contributed by atoms with Gasteiger partial charge in [-0.05, 0) is 56.4 Å². The molecule has 1 amide bonds. The lowest BCUT2D eigenvalue weighted by Crippen LogP contribution is -2.35. The van der Waals surface area contributed by atoms with Crippen molar-refractivity contribution in [2.75, 3.05) is 53.4 Å². The normalized spacial score (nSPS) is 11.4. The minimum atomic E-state index is -0.182. The smallest absolute Gasteiger partial charge is 0.252 e. The van der Waals surface area contributed by atoms with Gasteiger partial charge in [-0.1, -0.05) is 29.0 Å². The number of hydrogen-bond acceptors (Lipinski definition) is 7. The zero-order chi connectivity index (χ0) is 24.1. The predicted octanol–water partition coefficient (Wildman–Crippen LogP) is 4.89. The highest BCUT2D eigenvalue weighted by Crippen LogP contribution is 2.39. The Morgan fingerprint density at radius 3 is 2.30 bits per heavy atom. The number of fused-ring (bicyclic) bond motifs is 1. The van der Waals surface area contributed by atoms with Gasteiger partial charge in [-0.15, -0.1) is 0 Å². The summed E-state index contributed by atoms with van der Waals surface area (Å²) in [6.07, 6.45) is 3.25. The van der Waals surface area contributed by atoms with E-state index in [0.29, 0.717) is 40.5 Å². The molecule has 0 atom stereocenters. The molecule has 0 aliphatic carbocycles. The maximum Gasteiger partial charge on any atom is 0.252 e. The number of benzene rings is 2. The highest BCUT2D eigenvalue weighted by Gasteiger charge is 2.20. The van der Waals surface area contributed by atoms with Crippen LogP contribution in [0.15, 0.2) is 30.3 Å². The Morgan fingerprint density at radius 2 is 1.76 bits per heavy atom. The number of methoxy groups -OCH3 is 3. The van der Waals surface area contributed by atoms with E-state index < -0.39 is 0 Å². The number of aromatic nitrogens is 1. The molecule has 2 aromatic carbocycles. The Balaban J connectivity index is 1.96. The van der Waals surface area contributed by atoms with Gasteiger partial charge in [-0.2, -0.15) is 0 Å². The summed E-state index contributed by atoms with van der Waals surface area (Å²) >= 11 is 7.81. The summed E-state index contributed by atoms with van der Waals surface area (Å²) in [6, 6.07) is 7.37. The first-order valence-electron chi connectivity index (χ1n) is 10.3. The minimum Gasteiger partial charge on any atom is -0.493 e. The summed E-state index contributed by atoms with van der Waals surface area (Å²) < 4.78 is 17.1. The van der Waals surface area contributed by atoms with Gasteiger partial charge in [-0.25, -0.2) is 4.98 Å². The molecule has 9 heteroatoms. The SMILES string of the molecule is COc1cc(/C=C/C(=O)N(CCN(C)C)c2nc3c(C)ccc(Cl)c3s2)cc(OC)c1OC. The lowest BCUT2D eigenvalue weighted by Gasteiger charge is -2.20. The van der Waals surface area contributed by atoms with Gasteiger partial charge in [-0.3, -0.25) is 9.69 Å². The van der Waals surface area contributed by atoms with Crippen molar-refractivity contribution >= 4 is 50.3 Å². The van der Waals surface area contributed by atoms with E-state index in [2.05, 4.69) is 0 Å². The Morgan fingerprint density at radius 1 is 1.09 bits per heavy atom. The lowest BCUT2D eigenvalue weighted by molar-refractivity contribution is -0.114. The van der Waals surface area contributed by atoms with Crippen LogP contribution in [-0.2, 0) is 4.79 Å². The van der Waals surface area contributed by atoms with Gasteiger partial charge in [0.25, 0.3) is 5.91 Å². The molecule has 0 aliphatic heterocycles. The zero-order valence-electron chi connectivity index (χ0n) is 19.6. The second-order valence-electron chi connectivity index (χ2n) is 7.62. The Labute approximate surface area is 203 Å². The maximum absolute atomic E-state index is 13.3. The Kier molecular flexibility index (Phi) is 8.18. The number of carbonyl (C=O) groups excluding carboxylic acids is 1. The fourth-order valence-electron chi connectivity index (χ4n) is 3.26. The van der Waals surface area contributed by atoms with Crippen molar-refractivity contribution in [2.45, 2.75) is 6.92 Å². The van der Waals surface area contributed by atoms with Crippen LogP contribution >= 0.6 is 22.9 Å². The van der Waals surface area contributed by atoms with Crippen molar-refractivity contribution in [3.8, 4) is 17.2 Å². The Bertz CT molecular complexity index is 1110. The zero-order valence-corrected chi connectivity index (χ0v) is 21.2. The van der Waals surface area contributed by atoms with Crippen LogP contribution < -0.4 is 19.1 Å². The summed E-state index contributed by atoms with van der Waals surface area (Å²) in [4.78, 5) is 21.7. The molecular weight excluding hydrogens is 462 g/mol. The molecule has 0 unspecified atom stereocenters. The number of likely N-dealkylation sites (N-methyl/N-ethyl adjacent to an activating group) is 1. The van der Waals surface area contributed by atoms with Gasteiger partial charge in [0.05, 0.1) is 36.6 Å². The number of carbonyl (C=O) groups is 1. The Hall–Kier alpha value is -2.81. The van der Waals surface area contributed by atoms with Crippen molar-refractivity contribution < 1.29 is 19.0 Å². The van der Waals surface area contributed by atoms with Crippen LogP contribution in [0.4, 0.5) is 5.13 Å². The molecule has 0 N–H and O–H groups in total. The van der Waals surface area contributed by atoms with Crippen LogP contribution in [0.1, 0.15) is 11.1 Å². The van der Waals surface area contributed by atoms with Gasteiger partial charge in [0.1, 0.15) is 0 Å². The highest BCUT2D eigenvalue weighted by molar-refractivity contribution is 7.23. The molecule has 0 bridgehead atoms. The molecule has 1 heterocycles. The molecular formula is C24H28ClN3O4S. The molecule has 1 aromatic heterocycles. The number of nitrogens with zero attached hydrogens (tertiary/aromatic N) is 3. The van der Waals surface area contributed by atoms with Gasteiger partial charge in [0.2, 0.25) is 5.75 Å². The van der Waals surface area contributed by atoms with Crippen molar-refractivity contribution in [1.82, 2.24) is 9.88 Å². The van der Waals surface area contributed by atoms with Gasteiger partial charge >= 0.3 is 0 Å². The topological polar surface area (TPSA) is 64.1 Å². The van der Waals surface area contributed by atoms with E-state index in [0.717, 1.165) is 21.3 Å². The predicted molar refractivity (Wildman–Crippen MR) is 135 cm³/mol. The van der Waals surface area contributed by atoms with E-state index in [1.165, 1.54) is 17.4 Å². The molecule has 0 fully saturated rings. The fraction of sp³-hybridized carbons (Fsp3) is 0.333. The number of aryl methyl sites for hydroxylation is 1. The molecule has 0 aliphatic rings. The largest absolute Gasteiger partial charge is 0.493 e. The lowest BCUT2D eigenvalue weighted by atomic mass is 10.1. The van der Waals surface area contributed by atoms with Crippen LogP contribution in [-0.4, -0.2) is 64.3 Å². The van der Waals surface area contributed by atoms with Crippen LogP contribution in [0.25, 0.3) is 16.3 Å². The number of anilines is 1. The summed E-state index contributed by atoms with van der Waals surface area (Å²) in [5, 5.41) is 1.25. The molecule has 3 aromatic rings. The summed E-state index contributed by atoms with van der Waals surface area (Å²) in [6.45, 7) is 3.16. The van der Waals surface area contributed by atoms with E-state index in [1.807, 2.05) is 38.1 Å². The quantitative estimate of drug-likeness (QED) is 0.399. The molecule has 176 valence electrons. The molecule has 7 nitrogen and oxygen atoms in total. The van der Waals surface area contributed by atoms with Crippen LogP contribution in [0, 0.1) is 6.92 Å². The van der Waals surface area contributed by atoms with Crippen LogP contribution in [0.3, 0.4) is 0 Å². The second kappa shape index (κ2) is 10.9. The molecule has 33 heavy (non-hydrogen) atoms. The number of thiazole rings is 1. The third-order valence-corrected chi connectivity index (χ3v) is 6.60. The first-order chi connectivity index (χ1) is 15.8. The fourth-order valence-corrected chi connectivity index (χ4v) is 4.61. The molecule has 0 spiro atoms. The van der Waals surface area contributed by atoms with Crippen molar-refractivity contribution in [3.63, 3.8) is 0 Å². The van der Waals surface area contributed by atoms with E-state index in [-0.39, 0.29) is 5.91 Å². The summed E-state index contributed by atoms with van der Waals surface area (Å²) in [7, 11) is 8.59. The van der Waals surface area contributed by atoms with Crippen molar-refractivity contribution in [2.24, 2.45) is 0 Å². The first-order valence-corrected chi connectivity index (χ1v) is 11.5. The number of halogens is 1. The average molecular weight is 490 g/mol. The van der Waals surface area contributed by atoms with Gasteiger partial charge < -0.3 is 19.1 Å². The van der Waals surface area contributed by atoms with Crippen LogP contribution in [0.2, 0.25) is 5.02 Å². The van der Waals surface area contributed by atoms with Gasteiger partial charge in [0, 0.05) is 19.2 Å². The number of hydrogen-bond donors (Lipinski definition) is 0. The van der Waals surface area contributed by atoms with Crippen molar-refractivity contribution in [1.29, 1.82) is 0 Å². The summed E-state index contributed by atoms with van der Waals surface area (Å²) in [5.74, 6) is 1.35. The van der Waals surface area contributed by atoms with E-state index in [4.69, 9.17) is 30.8 Å². The maximum atomic E-state index is 13.3. The number of rotatable bonds is 9. The van der Waals surface area contributed by atoms with Gasteiger partial charge in [0.15, 0.2) is 16.6 Å². The second-order valence-corrected chi connectivity index (χ2v) is 9.01. The molecule has 3 rings (SSSR count). The number of amides is 1. The summed E-state index contributed by atoms with van der Waals surface area (Å²) in [5.41, 5.74) is 2.58. The van der Waals surface area contributed by atoms with Crippen LogP contribution in [0.5, 0.6) is 17.2 Å². The van der Waals surface area contributed by atoms with E-state index in [1.54, 1.807) is 44.4 Å². The number of ether oxygens (including phenoxy) is 3. The molecule has 0 radical (unpaired) electrons. The molecule has 0 saturated heterocycles. The first kappa shape index (κ1) is 24.8. The van der Waals surface area contributed by atoms with Crippen molar-refractivity contribution in [3.05, 3.63) is 46.5 Å².